The summed E-state index contributed by atoms with van der Waals surface area (Å²) < 4.78 is 0. The van der Waals surface area contributed by atoms with E-state index in [4.69, 9.17) is 5.11 Å². The van der Waals surface area contributed by atoms with E-state index in [2.05, 4.69) is 20.8 Å². The molecule has 0 fully saturated rings. The number of rotatable bonds is 1. The quantitative estimate of drug-likeness (QED) is 0.811. The maximum Gasteiger partial charge on any atom is 0.345 e. The van der Waals surface area contributed by atoms with Crippen LogP contribution in [0.4, 0.5) is 0 Å². The van der Waals surface area contributed by atoms with Crippen molar-refractivity contribution in [3.8, 4) is 0 Å². The van der Waals surface area contributed by atoms with E-state index in [0.29, 0.717) is 16.2 Å². The topological polar surface area (TPSA) is 37.3 Å². The molecule has 0 aliphatic heterocycles. The molecule has 1 aromatic heterocycles. The second-order valence-electron chi connectivity index (χ2n) is 5.67. The van der Waals surface area contributed by atoms with Crippen LogP contribution in [0, 0.1) is 11.3 Å². The van der Waals surface area contributed by atoms with Gasteiger partial charge in [-0.15, -0.1) is 11.3 Å². The Bertz CT molecular complexity index is 412. The summed E-state index contributed by atoms with van der Waals surface area (Å²) in [6.07, 6.45) is 3.29. The molecule has 1 atom stereocenters. The standard InChI is InChI=1S/C13H18O2S/c1-13(2,3)9-4-5-10-8(6-9)7-11(16-10)12(14)15/h7,9H,4-6H2,1-3H3,(H,14,15). The highest BCUT2D eigenvalue weighted by Gasteiger charge is 2.30. The highest BCUT2D eigenvalue weighted by atomic mass is 32.1. The van der Waals surface area contributed by atoms with Crippen molar-refractivity contribution in [2.75, 3.05) is 0 Å². The zero-order valence-electron chi connectivity index (χ0n) is 10.0. The smallest absolute Gasteiger partial charge is 0.345 e. The number of hydrogen-bond donors (Lipinski definition) is 1. The number of carbonyl (C=O) groups is 1. The second-order valence-corrected chi connectivity index (χ2v) is 6.81. The van der Waals surface area contributed by atoms with Crippen LogP contribution in [0.3, 0.4) is 0 Å². The zero-order valence-corrected chi connectivity index (χ0v) is 10.9. The predicted molar refractivity (Wildman–Crippen MR) is 66.2 cm³/mol. The van der Waals surface area contributed by atoms with Crippen LogP contribution in [-0.2, 0) is 12.8 Å². The first-order valence-electron chi connectivity index (χ1n) is 5.73. The van der Waals surface area contributed by atoms with Crippen molar-refractivity contribution in [1.82, 2.24) is 0 Å². The van der Waals surface area contributed by atoms with Gasteiger partial charge in [0.15, 0.2) is 0 Å². The summed E-state index contributed by atoms with van der Waals surface area (Å²) in [6, 6.07) is 1.88. The maximum atomic E-state index is 10.9. The predicted octanol–water partition coefficient (Wildman–Crippen LogP) is 3.60. The fourth-order valence-electron chi connectivity index (χ4n) is 2.37. The summed E-state index contributed by atoms with van der Waals surface area (Å²) in [5.74, 6) is -0.108. The summed E-state index contributed by atoms with van der Waals surface area (Å²) in [4.78, 5) is 12.7. The average molecular weight is 238 g/mol. The molecule has 2 nitrogen and oxygen atoms in total. The number of carboxylic acids is 1. The van der Waals surface area contributed by atoms with E-state index >= 15 is 0 Å². The molecule has 3 heteroatoms. The third-order valence-electron chi connectivity index (χ3n) is 3.52. The van der Waals surface area contributed by atoms with Gasteiger partial charge >= 0.3 is 5.97 Å². The lowest BCUT2D eigenvalue weighted by Gasteiger charge is -2.33. The molecule has 0 bridgehead atoms. The molecule has 16 heavy (non-hydrogen) atoms. The van der Waals surface area contributed by atoms with Gasteiger partial charge in [0, 0.05) is 4.88 Å². The normalized spacial score (nSPS) is 20.6. The number of aromatic carboxylic acids is 1. The second kappa shape index (κ2) is 3.88. The Kier molecular flexibility index (Phi) is 2.82. The fourth-order valence-corrected chi connectivity index (χ4v) is 3.42. The lowest BCUT2D eigenvalue weighted by molar-refractivity contribution is 0.0702. The Morgan fingerprint density at radius 1 is 1.50 bits per heavy atom. The van der Waals surface area contributed by atoms with Gasteiger partial charge in [-0.1, -0.05) is 20.8 Å². The van der Waals surface area contributed by atoms with Gasteiger partial charge < -0.3 is 5.11 Å². The fraction of sp³-hybridized carbons (Fsp3) is 0.615. The molecule has 1 N–H and O–H groups in total. The van der Waals surface area contributed by atoms with Gasteiger partial charge in [0.1, 0.15) is 4.88 Å². The Hall–Kier alpha value is -0.830. The van der Waals surface area contributed by atoms with Crippen LogP contribution in [0.5, 0.6) is 0 Å². The molecule has 1 unspecified atom stereocenters. The minimum Gasteiger partial charge on any atom is -0.477 e. The first kappa shape index (κ1) is 11.6. The van der Waals surface area contributed by atoms with Crippen molar-refractivity contribution in [2.45, 2.75) is 40.0 Å². The first-order chi connectivity index (χ1) is 7.38. The molecule has 88 valence electrons. The minimum atomic E-state index is -0.785. The van der Waals surface area contributed by atoms with Crippen LogP contribution in [0.2, 0.25) is 0 Å². The lowest BCUT2D eigenvalue weighted by atomic mass is 9.72. The monoisotopic (exact) mass is 238 g/mol. The number of hydrogen-bond acceptors (Lipinski definition) is 2. The van der Waals surface area contributed by atoms with Crippen molar-refractivity contribution >= 4 is 17.3 Å². The molecule has 0 saturated heterocycles. The molecule has 0 radical (unpaired) electrons. The number of thiophene rings is 1. The average Bonchev–Trinajstić information content (AvgIpc) is 2.58. The van der Waals surface area contributed by atoms with Crippen LogP contribution >= 0.6 is 11.3 Å². The Labute approximate surface area is 100 Å². The molecule has 0 aromatic carbocycles. The van der Waals surface area contributed by atoms with Crippen LogP contribution < -0.4 is 0 Å². The van der Waals surface area contributed by atoms with Crippen molar-refractivity contribution in [3.05, 3.63) is 21.4 Å². The lowest BCUT2D eigenvalue weighted by Crippen LogP contribution is -2.26. The largest absolute Gasteiger partial charge is 0.477 e. The Morgan fingerprint density at radius 3 is 2.75 bits per heavy atom. The summed E-state index contributed by atoms with van der Waals surface area (Å²) in [7, 11) is 0. The van der Waals surface area contributed by atoms with Gasteiger partial charge in [-0.05, 0) is 42.2 Å². The van der Waals surface area contributed by atoms with E-state index in [1.54, 1.807) is 0 Å². The van der Waals surface area contributed by atoms with Crippen LogP contribution in [-0.4, -0.2) is 11.1 Å². The van der Waals surface area contributed by atoms with Crippen LogP contribution in [0.15, 0.2) is 6.07 Å². The van der Waals surface area contributed by atoms with E-state index in [9.17, 15) is 4.79 Å². The minimum absolute atomic E-state index is 0.322. The van der Waals surface area contributed by atoms with E-state index in [0.717, 1.165) is 12.8 Å². The SMILES string of the molecule is CC(C)(C)C1CCc2sc(C(=O)O)cc2C1. The van der Waals surface area contributed by atoms with Gasteiger partial charge in [-0.25, -0.2) is 4.79 Å². The third-order valence-corrected chi connectivity index (χ3v) is 4.74. The van der Waals surface area contributed by atoms with E-state index < -0.39 is 5.97 Å². The van der Waals surface area contributed by atoms with Gasteiger partial charge in [0.05, 0.1) is 0 Å². The van der Waals surface area contributed by atoms with Crippen molar-refractivity contribution in [1.29, 1.82) is 0 Å². The number of carboxylic acid groups (broad SMARTS) is 1. The molecule has 1 aromatic rings. The van der Waals surface area contributed by atoms with Crippen molar-refractivity contribution < 1.29 is 9.90 Å². The van der Waals surface area contributed by atoms with E-state index in [-0.39, 0.29) is 0 Å². The molecule has 0 spiro atoms. The van der Waals surface area contributed by atoms with Crippen molar-refractivity contribution in [2.24, 2.45) is 11.3 Å². The van der Waals surface area contributed by atoms with Gasteiger partial charge in [0.25, 0.3) is 0 Å². The molecule has 1 aliphatic rings. The summed E-state index contributed by atoms with van der Waals surface area (Å²) in [6.45, 7) is 6.81. The highest BCUT2D eigenvalue weighted by molar-refractivity contribution is 7.14. The third kappa shape index (κ3) is 2.14. The van der Waals surface area contributed by atoms with Crippen LogP contribution in [0.25, 0.3) is 0 Å². The van der Waals surface area contributed by atoms with Gasteiger partial charge in [-0.2, -0.15) is 0 Å². The molecule has 1 aliphatic carbocycles. The molecule has 0 amide bonds. The molecule has 0 saturated carbocycles. The molecular weight excluding hydrogens is 220 g/mol. The summed E-state index contributed by atoms with van der Waals surface area (Å²) >= 11 is 1.46. The summed E-state index contributed by atoms with van der Waals surface area (Å²) in [5.41, 5.74) is 1.59. The zero-order chi connectivity index (χ0) is 11.9. The Balaban J connectivity index is 2.24. The Morgan fingerprint density at radius 2 is 2.19 bits per heavy atom. The van der Waals surface area contributed by atoms with Crippen molar-refractivity contribution in [3.63, 3.8) is 0 Å². The number of aryl methyl sites for hydroxylation is 1. The molecule has 2 rings (SSSR count). The highest BCUT2D eigenvalue weighted by Crippen LogP contribution is 2.39. The van der Waals surface area contributed by atoms with Gasteiger partial charge in [0.2, 0.25) is 0 Å². The van der Waals surface area contributed by atoms with Crippen LogP contribution in [0.1, 0.15) is 47.3 Å². The molecular formula is C13H18O2S. The first-order valence-corrected chi connectivity index (χ1v) is 6.54. The maximum absolute atomic E-state index is 10.9. The van der Waals surface area contributed by atoms with E-state index in [1.807, 2.05) is 6.07 Å². The van der Waals surface area contributed by atoms with Gasteiger partial charge in [-0.3, -0.25) is 0 Å². The van der Waals surface area contributed by atoms with E-state index in [1.165, 1.54) is 28.2 Å². The number of fused-ring (bicyclic) bond motifs is 1. The summed E-state index contributed by atoms with van der Waals surface area (Å²) in [5, 5.41) is 8.97. The molecule has 1 heterocycles.